The fourth-order valence-electron chi connectivity index (χ4n) is 6.83. The Morgan fingerprint density at radius 1 is 1.04 bits per heavy atom. The van der Waals surface area contributed by atoms with Gasteiger partial charge in [-0.3, -0.25) is 9.59 Å². The van der Waals surface area contributed by atoms with Crippen molar-refractivity contribution in [1.82, 2.24) is 5.32 Å². The zero-order chi connectivity index (χ0) is 33.4. The summed E-state index contributed by atoms with van der Waals surface area (Å²) in [4.78, 5) is 24.8. The lowest BCUT2D eigenvalue weighted by molar-refractivity contribution is -0.334. The predicted octanol–water partition coefficient (Wildman–Crippen LogP) is 3.48. The predicted molar refractivity (Wildman–Crippen MR) is 165 cm³/mol. The zero-order valence-corrected chi connectivity index (χ0v) is 28.6. The number of nitrogens with one attached hydrogen (secondary N) is 1. The van der Waals surface area contributed by atoms with E-state index in [1.54, 1.807) is 14.2 Å². The maximum absolute atomic E-state index is 13.5. The fraction of sp³-hybridized carbons (Fsp3) is 0.879. The molecule has 45 heavy (non-hydrogen) atoms. The monoisotopic (exact) mass is 643 g/mol. The Hall–Kier alpha value is -1.64. The van der Waals surface area contributed by atoms with Crippen molar-refractivity contribution in [2.45, 2.75) is 134 Å². The summed E-state index contributed by atoms with van der Waals surface area (Å²) in [6.45, 7) is 10.2. The Bertz CT molecular complexity index is 962. The molecule has 0 aromatic heterocycles. The Morgan fingerprint density at radius 2 is 1.76 bits per heavy atom. The molecule has 3 aliphatic heterocycles. The number of carbonyl (C=O) groups is 2. The summed E-state index contributed by atoms with van der Waals surface area (Å²) < 4.78 is 46.8. The summed E-state index contributed by atoms with van der Waals surface area (Å²) in [5.74, 6) is -1.95. The first-order valence-electron chi connectivity index (χ1n) is 16.2. The number of fused-ring (bicyclic) bond motifs is 1. The van der Waals surface area contributed by atoms with Crippen LogP contribution in [-0.2, 0) is 47.5 Å². The molecule has 3 saturated heterocycles. The van der Waals surface area contributed by atoms with E-state index >= 15 is 0 Å². The molecule has 0 radical (unpaired) electrons. The highest BCUT2D eigenvalue weighted by molar-refractivity contribution is 5.82. The number of aliphatic hydroxyl groups excluding tert-OH is 1. The van der Waals surface area contributed by atoms with Gasteiger partial charge < -0.3 is 48.3 Å². The fourth-order valence-corrected chi connectivity index (χ4v) is 6.83. The van der Waals surface area contributed by atoms with E-state index in [1.165, 1.54) is 14.2 Å². The van der Waals surface area contributed by atoms with Gasteiger partial charge in [0.15, 0.2) is 12.3 Å². The maximum atomic E-state index is 13.5. The minimum atomic E-state index is -1.59. The molecule has 3 aliphatic rings. The quantitative estimate of drug-likeness (QED) is 0.154. The lowest BCUT2D eigenvalue weighted by atomic mass is 9.72. The van der Waals surface area contributed by atoms with Crippen LogP contribution in [-0.4, -0.2) is 107 Å². The van der Waals surface area contributed by atoms with Gasteiger partial charge in [-0.2, -0.15) is 0 Å². The Balaban J connectivity index is 1.67. The van der Waals surface area contributed by atoms with Crippen LogP contribution in [0.4, 0.5) is 0 Å². The van der Waals surface area contributed by atoms with Crippen LogP contribution in [0.15, 0.2) is 12.2 Å². The number of amides is 1. The van der Waals surface area contributed by atoms with E-state index in [0.717, 1.165) is 19.3 Å². The van der Waals surface area contributed by atoms with Crippen molar-refractivity contribution in [2.75, 3.05) is 35.2 Å². The number of unbranched alkanes of at least 4 members (excludes halogenated alkanes) is 1. The second-order valence-electron chi connectivity index (χ2n) is 13.3. The number of rotatable bonds is 15. The zero-order valence-electron chi connectivity index (χ0n) is 28.6. The van der Waals surface area contributed by atoms with Crippen molar-refractivity contribution in [3.63, 3.8) is 0 Å². The Morgan fingerprint density at radius 3 is 2.38 bits per heavy atom. The van der Waals surface area contributed by atoms with E-state index in [2.05, 4.69) is 43.8 Å². The van der Waals surface area contributed by atoms with Crippen LogP contribution in [0, 0.1) is 17.3 Å². The third-order valence-electron chi connectivity index (χ3n) is 10.1. The molecule has 260 valence electrons. The molecule has 1 amide bonds. The van der Waals surface area contributed by atoms with Crippen molar-refractivity contribution in [2.24, 2.45) is 17.3 Å². The molecule has 11 atom stereocenters. The van der Waals surface area contributed by atoms with Crippen LogP contribution in [0.1, 0.15) is 79.6 Å². The molecule has 0 bridgehead atoms. The third kappa shape index (κ3) is 9.04. The second-order valence-corrected chi connectivity index (χ2v) is 13.3. The van der Waals surface area contributed by atoms with Crippen LogP contribution in [0.3, 0.4) is 0 Å². The lowest BCUT2D eigenvalue weighted by Crippen LogP contribution is -2.69. The summed E-state index contributed by atoms with van der Waals surface area (Å²) in [5, 5.41) is 14.1. The molecule has 3 rings (SSSR count). The topological polar surface area (TPSA) is 140 Å². The van der Waals surface area contributed by atoms with Crippen molar-refractivity contribution in [3.8, 4) is 0 Å². The molecule has 3 fully saturated rings. The smallest absolute Gasteiger partial charge is 0.305 e. The molecule has 0 aromatic rings. The molecule has 3 heterocycles. The highest BCUT2D eigenvalue weighted by Crippen LogP contribution is 2.44. The molecule has 0 spiro atoms. The average molecular weight is 644 g/mol. The average Bonchev–Trinajstić information content (AvgIpc) is 3.01. The number of carbonyl (C=O) groups excluding carboxylic acids is 2. The molecular weight excluding hydrogens is 586 g/mol. The van der Waals surface area contributed by atoms with Crippen LogP contribution in [0.5, 0.6) is 0 Å². The first-order chi connectivity index (χ1) is 21.3. The van der Waals surface area contributed by atoms with Gasteiger partial charge in [-0.1, -0.05) is 39.8 Å². The van der Waals surface area contributed by atoms with E-state index in [1.807, 2.05) is 13.0 Å². The van der Waals surface area contributed by atoms with E-state index in [9.17, 15) is 14.7 Å². The third-order valence-corrected chi connectivity index (χ3v) is 10.1. The summed E-state index contributed by atoms with van der Waals surface area (Å²) in [5.41, 5.74) is -0.453. The first-order valence-corrected chi connectivity index (χ1v) is 16.2. The molecule has 0 aliphatic carbocycles. The standard InChI is InChI=1S/C33H57NO11/c1-20-18-33(41-9,45-22(3)21(20)2)28(36)30(37)34-31-27-26(42-19-43-31)29(40-8)32(4,5)24(44-27)17-23(38-6)15-13-11-10-12-14-16-25(35)39-7/h10,12,20-24,26-29,31,36H,11,13-19H2,1-9H3,(H,34,37)/b12-10+/t20?,21-,22-,23-,24-,26+,27+,28-,29-,31+,33-/m1/s1. The van der Waals surface area contributed by atoms with Gasteiger partial charge in [0.25, 0.3) is 5.91 Å². The largest absolute Gasteiger partial charge is 0.469 e. The van der Waals surface area contributed by atoms with Crippen molar-refractivity contribution in [1.29, 1.82) is 0 Å². The summed E-state index contributed by atoms with van der Waals surface area (Å²) in [7, 11) is 6.18. The highest BCUT2D eigenvalue weighted by Gasteiger charge is 2.57. The summed E-state index contributed by atoms with van der Waals surface area (Å²) in [6.07, 6.45) is 3.98. The number of esters is 1. The van der Waals surface area contributed by atoms with Crippen molar-refractivity contribution < 1.29 is 52.6 Å². The van der Waals surface area contributed by atoms with Gasteiger partial charge >= 0.3 is 5.97 Å². The Labute approximate surface area is 268 Å². The minimum absolute atomic E-state index is 0.0719. The summed E-state index contributed by atoms with van der Waals surface area (Å²) >= 11 is 0. The SMILES string of the molecule is COC(=O)CC/C=C/CCC[C@H](C[C@H]1O[C@H]2[C@H](OCO[C@@H]2NC(=O)[C@@H](O)[C@@]2(OC)CC(C)[C@@H](C)[C@@H](C)O2)[C@@H](OC)C1(C)C)OC. The van der Waals surface area contributed by atoms with Gasteiger partial charge in [-0.15, -0.1) is 0 Å². The second kappa shape index (κ2) is 17.0. The number of methoxy groups -OCH3 is 4. The Kier molecular flexibility index (Phi) is 14.3. The normalized spacial score (nSPS) is 36.2. The molecule has 12 nitrogen and oxygen atoms in total. The van der Waals surface area contributed by atoms with Crippen LogP contribution in [0.25, 0.3) is 0 Å². The van der Waals surface area contributed by atoms with Crippen LogP contribution in [0.2, 0.25) is 0 Å². The minimum Gasteiger partial charge on any atom is -0.469 e. The first kappa shape index (κ1) is 37.8. The number of hydrogen-bond donors (Lipinski definition) is 2. The maximum Gasteiger partial charge on any atom is 0.305 e. The molecule has 1 unspecified atom stereocenters. The van der Waals surface area contributed by atoms with Gasteiger partial charge in [-0.05, 0) is 44.4 Å². The number of aliphatic hydroxyl groups is 1. The highest BCUT2D eigenvalue weighted by atomic mass is 16.7. The van der Waals surface area contributed by atoms with E-state index in [4.69, 9.17) is 33.2 Å². The van der Waals surface area contributed by atoms with Gasteiger partial charge in [0, 0.05) is 46.0 Å². The molecule has 0 aromatic carbocycles. The molecule has 2 N–H and O–H groups in total. The lowest BCUT2D eigenvalue weighted by Gasteiger charge is -2.54. The number of allylic oxidation sites excluding steroid dienone is 2. The number of ether oxygens (including phenoxy) is 8. The molecule has 12 heteroatoms. The molecular formula is C33H57NO11. The van der Waals surface area contributed by atoms with Crippen molar-refractivity contribution >= 4 is 11.9 Å². The van der Waals surface area contributed by atoms with Crippen LogP contribution < -0.4 is 5.32 Å². The van der Waals surface area contributed by atoms with Gasteiger partial charge in [0.1, 0.15) is 19.0 Å². The van der Waals surface area contributed by atoms with E-state index < -0.39 is 41.6 Å². The number of hydrogen-bond acceptors (Lipinski definition) is 11. The summed E-state index contributed by atoms with van der Waals surface area (Å²) in [6, 6.07) is 0. The van der Waals surface area contributed by atoms with Crippen LogP contribution >= 0.6 is 0 Å². The van der Waals surface area contributed by atoms with E-state index in [0.29, 0.717) is 25.7 Å². The van der Waals surface area contributed by atoms with E-state index in [-0.39, 0.29) is 49.0 Å². The van der Waals surface area contributed by atoms with Gasteiger partial charge in [0.2, 0.25) is 5.79 Å². The molecule has 0 saturated carbocycles. The van der Waals surface area contributed by atoms with Crippen molar-refractivity contribution in [3.05, 3.63) is 12.2 Å². The van der Waals surface area contributed by atoms with Gasteiger partial charge in [-0.25, -0.2) is 0 Å². The van der Waals surface area contributed by atoms with Gasteiger partial charge in [0.05, 0.1) is 31.5 Å².